The minimum absolute atomic E-state index is 0.134. The summed E-state index contributed by atoms with van der Waals surface area (Å²) in [4.78, 5) is 25.9. The standard InChI is InChI=1S/C10H6ClN3O2.C10H8ClN3/c11-8-3-1-2-7(4-8)10-12-5-9(6-13-10)14(15)16;11-8-3-1-2-7(4-8)10-13-5-9(12)6-14-10/h1-6H;1-6H,12H2. The third-order valence-electron chi connectivity index (χ3n) is 3.69. The van der Waals surface area contributed by atoms with Gasteiger partial charge in [-0.3, -0.25) is 10.1 Å². The van der Waals surface area contributed by atoms with E-state index >= 15 is 0 Å². The van der Waals surface area contributed by atoms with E-state index in [1.807, 2.05) is 24.3 Å². The topological polar surface area (TPSA) is 121 Å². The second kappa shape index (κ2) is 9.73. The summed E-state index contributed by atoms with van der Waals surface area (Å²) in [6.45, 7) is 0. The number of nitrogens with two attached hydrogens (primary N) is 1. The maximum Gasteiger partial charge on any atom is 0.305 e. The van der Waals surface area contributed by atoms with Crippen LogP contribution in [0.1, 0.15) is 0 Å². The van der Waals surface area contributed by atoms with Crippen molar-refractivity contribution in [3.05, 3.63) is 93.5 Å². The number of hydrogen-bond acceptors (Lipinski definition) is 7. The number of nitrogen functional groups attached to an aromatic ring is 1. The Bertz CT molecular complexity index is 1150. The molecule has 10 heteroatoms. The molecule has 0 aliphatic rings. The SMILES string of the molecule is Nc1cnc(-c2cccc(Cl)c2)nc1.O=[N+]([O-])c1cnc(-c2cccc(Cl)c2)nc1. The van der Waals surface area contributed by atoms with E-state index in [2.05, 4.69) is 19.9 Å². The van der Waals surface area contributed by atoms with Crippen LogP contribution in [0.4, 0.5) is 11.4 Å². The summed E-state index contributed by atoms with van der Waals surface area (Å²) in [7, 11) is 0. The maximum absolute atomic E-state index is 10.4. The molecule has 2 aromatic heterocycles. The molecule has 2 N–H and O–H groups in total. The summed E-state index contributed by atoms with van der Waals surface area (Å²) < 4.78 is 0. The summed E-state index contributed by atoms with van der Waals surface area (Å²) >= 11 is 11.7. The largest absolute Gasteiger partial charge is 0.396 e. The molecule has 30 heavy (non-hydrogen) atoms. The molecule has 4 aromatic rings. The first-order chi connectivity index (χ1) is 14.4. The van der Waals surface area contributed by atoms with Crippen LogP contribution >= 0.6 is 23.2 Å². The van der Waals surface area contributed by atoms with Gasteiger partial charge in [0.25, 0.3) is 0 Å². The fourth-order valence-corrected chi connectivity index (χ4v) is 2.69. The molecule has 0 radical (unpaired) electrons. The van der Waals surface area contributed by atoms with Crippen LogP contribution in [0.5, 0.6) is 0 Å². The average Bonchev–Trinajstić information content (AvgIpc) is 2.75. The Morgan fingerprint density at radius 3 is 1.60 bits per heavy atom. The van der Waals surface area contributed by atoms with Crippen LogP contribution in [0.3, 0.4) is 0 Å². The van der Waals surface area contributed by atoms with Crippen LogP contribution in [-0.4, -0.2) is 24.9 Å². The van der Waals surface area contributed by atoms with Crippen LogP contribution in [0.25, 0.3) is 22.8 Å². The summed E-state index contributed by atoms with van der Waals surface area (Å²) in [5.41, 5.74) is 7.51. The molecule has 150 valence electrons. The van der Waals surface area contributed by atoms with Gasteiger partial charge in [0.05, 0.1) is 23.0 Å². The van der Waals surface area contributed by atoms with E-state index < -0.39 is 4.92 Å². The van der Waals surface area contributed by atoms with Crippen molar-refractivity contribution in [2.45, 2.75) is 0 Å². The van der Waals surface area contributed by atoms with Crippen LogP contribution in [0, 0.1) is 10.1 Å². The van der Waals surface area contributed by atoms with E-state index in [0.717, 1.165) is 11.1 Å². The van der Waals surface area contributed by atoms with Crippen molar-refractivity contribution in [3.8, 4) is 22.8 Å². The molecule has 0 spiro atoms. The molecule has 4 rings (SSSR count). The van der Waals surface area contributed by atoms with Crippen molar-refractivity contribution in [2.75, 3.05) is 5.73 Å². The monoisotopic (exact) mass is 440 g/mol. The quantitative estimate of drug-likeness (QED) is 0.347. The van der Waals surface area contributed by atoms with Gasteiger partial charge in [0.2, 0.25) is 0 Å². The molecule has 0 fully saturated rings. The zero-order chi connectivity index (χ0) is 21.5. The molecule has 0 unspecified atom stereocenters. The summed E-state index contributed by atoms with van der Waals surface area (Å²) in [6, 6.07) is 14.4. The lowest BCUT2D eigenvalue weighted by Gasteiger charge is -1.99. The van der Waals surface area contributed by atoms with Crippen molar-refractivity contribution in [3.63, 3.8) is 0 Å². The van der Waals surface area contributed by atoms with E-state index in [-0.39, 0.29) is 5.69 Å². The summed E-state index contributed by atoms with van der Waals surface area (Å²) in [5.74, 6) is 1.04. The molecule has 0 amide bonds. The molecule has 2 heterocycles. The molecule has 0 atom stereocenters. The molecule has 0 saturated carbocycles. The van der Waals surface area contributed by atoms with E-state index in [0.29, 0.717) is 27.4 Å². The van der Waals surface area contributed by atoms with E-state index in [4.69, 9.17) is 28.9 Å². The Balaban J connectivity index is 0.000000172. The zero-order valence-electron chi connectivity index (χ0n) is 15.3. The van der Waals surface area contributed by atoms with E-state index in [9.17, 15) is 10.1 Å². The molecular weight excluding hydrogens is 427 g/mol. The highest BCUT2D eigenvalue weighted by Crippen LogP contribution is 2.20. The second-order valence-corrected chi connectivity index (χ2v) is 6.76. The van der Waals surface area contributed by atoms with Gasteiger partial charge in [-0.25, -0.2) is 19.9 Å². The van der Waals surface area contributed by atoms with Crippen LogP contribution < -0.4 is 5.73 Å². The van der Waals surface area contributed by atoms with Crippen LogP contribution in [-0.2, 0) is 0 Å². The lowest BCUT2D eigenvalue weighted by Crippen LogP contribution is -1.93. The highest BCUT2D eigenvalue weighted by Gasteiger charge is 2.08. The predicted molar refractivity (Wildman–Crippen MR) is 116 cm³/mol. The Kier molecular flexibility index (Phi) is 6.84. The molecule has 0 bridgehead atoms. The highest BCUT2D eigenvalue weighted by atomic mass is 35.5. The Labute approximate surface area is 181 Å². The molecule has 2 aromatic carbocycles. The van der Waals surface area contributed by atoms with Gasteiger partial charge in [0.15, 0.2) is 11.6 Å². The third-order valence-corrected chi connectivity index (χ3v) is 4.16. The first-order valence-corrected chi connectivity index (χ1v) is 9.24. The second-order valence-electron chi connectivity index (χ2n) is 5.88. The number of benzene rings is 2. The van der Waals surface area contributed by atoms with Gasteiger partial charge in [0.1, 0.15) is 12.4 Å². The van der Waals surface area contributed by atoms with Gasteiger partial charge in [0, 0.05) is 21.2 Å². The van der Waals surface area contributed by atoms with Gasteiger partial charge in [-0.1, -0.05) is 47.5 Å². The molecule has 0 aliphatic carbocycles. The highest BCUT2D eigenvalue weighted by molar-refractivity contribution is 6.31. The number of anilines is 1. The Hall–Kier alpha value is -3.62. The number of rotatable bonds is 3. The predicted octanol–water partition coefficient (Wildman–Crippen LogP) is 5.08. The Morgan fingerprint density at radius 1 is 0.767 bits per heavy atom. The molecule has 0 saturated heterocycles. The van der Waals surface area contributed by atoms with Crippen molar-refractivity contribution in [2.24, 2.45) is 0 Å². The first-order valence-electron chi connectivity index (χ1n) is 8.48. The first kappa shape index (κ1) is 21.1. The van der Waals surface area contributed by atoms with Crippen LogP contribution in [0.15, 0.2) is 73.3 Å². The molecule has 8 nitrogen and oxygen atoms in total. The smallest absolute Gasteiger partial charge is 0.305 e. The van der Waals surface area contributed by atoms with E-state index in [1.165, 1.54) is 12.4 Å². The van der Waals surface area contributed by atoms with Gasteiger partial charge in [-0.2, -0.15) is 0 Å². The van der Waals surface area contributed by atoms with Crippen molar-refractivity contribution >= 4 is 34.6 Å². The van der Waals surface area contributed by atoms with Crippen LogP contribution in [0.2, 0.25) is 10.0 Å². The molecular formula is C20H14Cl2N6O2. The number of nitrogens with zero attached hydrogens (tertiary/aromatic N) is 5. The normalized spacial score (nSPS) is 10.1. The minimum Gasteiger partial charge on any atom is -0.396 e. The van der Waals surface area contributed by atoms with Crippen molar-refractivity contribution in [1.29, 1.82) is 0 Å². The lowest BCUT2D eigenvalue weighted by atomic mass is 10.2. The van der Waals surface area contributed by atoms with Gasteiger partial charge in [-0.05, 0) is 24.3 Å². The minimum atomic E-state index is -0.540. The summed E-state index contributed by atoms with van der Waals surface area (Å²) in [5, 5.41) is 11.6. The number of aromatic nitrogens is 4. The zero-order valence-corrected chi connectivity index (χ0v) is 16.8. The lowest BCUT2D eigenvalue weighted by molar-refractivity contribution is -0.385. The number of halogens is 2. The van der Waals surface area contributed by atoms with Crippen molar-refractivity contribution < 1.29 is 4.92 Å². The third kappa shape index (κ3) is 5.69. The molecule has 0 aliphatic heterocycles. The number of nitro groups is 1. The van der Waals surface area contributed by atoms with E-state index in [1.54, 1.807) is 36.7 Å². The Morgan fingerprint density at radius 2 is 1.20 bits per heavy atom. The summed E-state index contributed by atoms with van der Waals surface area (Å²) in [6.07, 6.45) is 5.49. The average molecular weight is 441 g/mol. The number of hydrogen-bond donors (Lipinski definition) is 1. The maximum atomic E-state index is 10.4. The fourth-order valence-electron chi connectivity index (χ4n) is 2.31. The van der Waals surface area contributed by atoms with Gasteiger partial charge >= 0.3 is 5.69 Å². The van der Waals surface area contributed by atoms with Crippen molar-refractivity contribution in [1.82, 2.24) is 19.9 Å². The fraction of sp³-hybridized carbons (Fsp3) is 0. The van der Waals surface area contributed by atoms with Gasteiger partial charge in [-0.15, -0.1) is 0 Å². The van der Waals surface area contributed by atoms with Gasteiger partial charge < -0.3 is 5.73 Å².